The molecular weight excluding hydrogens is 393 g/mol. The summed E-state index contributed by atoms with van der Waals surface area (Å²) in [5.74, 6) is 1.45. The lowest BCUT2D eigenvalue weighted by Gasteiger charge is -2.09. The van der Waals surface area contributed by atoms with Gasteiger partial charge in [0, 0.05) is 16.1 Å². The van der Waals surface area contributed by atoms with Gasteiger partial charge in [-0.05, 0) is 58.8 Å². The van der Waals surface area contributed by atoms with Crippen LogP contribution in [0.5, 0.6) is 11.5 Å². The number of aryl methyl sites for hydroxylation is 1. The van der Waals surface area contributed by atoms with E-state index in [2.05, 4.69) is 27.9 Å². The van der Waals surface area contributed by atoms with Crippen molar-refractivity contribution in [2.24, 2.45) is 0 Å². The molecule has 0 aliphatic heterocycles. The van der Waals surface area contributed by atoms with E-state index in [1.54, 1.807) is 14.2 Å². The molecule has 2 aromatic carbocycles. The number of hydrogen-bond donors (Lipinski definition) is 1. The Balaban J connectivity index is 1.98. The highest BCUT2D eigenvalue weighted by Gasteiger charge is 2.07. The van der Waals surface area contributed by atoms with Crippen LogP contribution in [0.2, 0.25) is 0 Å². The molecule has 22 heavy (non-hydrogen) atoms. The van der Waals surface area contributed by atoms with Crippen molar-refractivity contribution in [3.05, 3.63) is 51.6 Å². The molecule has 2 rings (SSSR count). The number of halogens is 1. The van der Waals surface area contributed by atoms with E-state index in [4.69, 9.17) is 9.47 Å². The summed E-state index contributed by atoms with van der Waals surface area (Å²) in [4.78, 5) is 12.1. The maximum absolute atomic E-state index is 12.1. The van der Waals surface area contributed by atoms with Gasteiger partial charge >= 0.3 is 0 Å². The molecule has 0 bridgehead atoms. The summed E-state index contributed by atoms with van der Waals surface area (Å²) in [6.45, 7) is 0. The van der Waals surface area contributed by atoms with Crippen molar-refractivity contribution in [3.8, 4) is 11.5 Å². The maximum atomic E-state index is 12.1. The molecule has 1 amide bonds. The number of carbonyl (C=O) groups excluding carboxylic acids is 1. The van der Waals surface area contributed by atoms with Crippen molar-refractivity contribution in [2.75, 3.05) is 19.5 Å². The Morgan fingerprint density at radius 1 is 1.09 bits per heavy atom. The molecule has 5 heteroatoms. The van der Waals surface area contributed by atoms with Gasteiger partial charge in [-0.3, -0.25) is 4.79 Å². The standard InChI is InChI=1S/C17H18INO3/c1-21-13-9-12(10-14(11-13)22-2)7-8-17(20)19-16-6-4-3-5-15(16)18/h3-6,9-11H,7-8H2,1-2H3,(H,19,20). The molecule has 2 aromatic rings. The van der Waals surface area contributed by atoms with E-state index in [0.717, 1.165) is 26.3 Å². The van der Waals surface area contributed by atoms with Gasteiger partial charge in [-0.15, -0.1) is 0 Å². The van der Waals surface area contributed by atoms with Crippen molar-refractivity contribution in [3.63, 3.8) is 0 Å². The van der Waals surface area contributed by atoms with Crippen molar-refractivity contribution in [1.82, 2.24) is 0 Å². The Kier molecular flexibility index (Phi) is 6.06. The third-order valence-corrected chi connectivity index (χ3v) is 4.14. The van der Waals surface area contributed by atoms with Crippen LogP contribution in [0.15, 0.2) is 42.5 Å². The van der Waals surface area contributed by atoms with Crippen LogP contribution < -0.4 is 14.8 Å². The molecule has 0 atom stereocenters. The lowest BCUT2D eigenvalue weighted by Crippen LogP contribution is -2.13. The maximum Gasteiger partial charge on any atom is 0.224 e. The van der Waals surface area contributed by atoms with Crippen LogP contribution in [0.1, 0.15) is 12.0 Å². The Hall–Kier alpha value is -1.76. The van der Waals surface area contributed by atoms with E-state index in [9.17, 15) is 4.79 Å². The predicted octanol–water partition coefficient (Wildman–Crippen LogP) is 3.88. The predicted molar refractivity (Wildman–Crippen MR) is 95.7 cm³/mol. The summed E-state index contributed by atoms with van der Waals surface area (Å²) in [6.07, 6.45) is 1.03. The average molecular weight is 411 g/mol. The number of benzene rings is 2. The third-order valence-electron chi connectivity index (χ3n) is 3.20. The lowest BCUT2D eigenvalue weighted by molar-refractivity contribution is -0.116. The molecule has 0 aliphatic carbocycles. The summed E-state index contributed by atoms with van der Waals surface area (Å²) in [6, 6.07) is 13.4. The molecule has 4 nitrogen and oxygen atoms in total. The van der Waals surface area contributed by atoms with E-state index in [0.29, 0.717) is 12.8 Å². The van der Waals surface area contributed by atoms with Gasteiger partial charge in [0.2, 0.25) is 5.91 Å². The highest BCUT2D eigenvalue weighted by atomic mass is 127. The van der Waals surface area contributed by atoms with Gasteiger partial charge in [0.25, 0.3) is 0 Å². The fourth-order valence-electron chi connectivity index (χ4n) is 2.04. The van der Waals surface area contributed by atoms with Gasteiger partial charge in [0.15, 0.2) is 0 Å². The van der Waals surface area contributed by atoms with E-state index in [-0.39, 0.29) is 5.91 Å². The molecule has 116 valence electrons. The van der Waals surface area contributed by atoms with Gasteiger partial charge in [-0.2, -0.15) is 0 Å². The Morgan fingerprint density at radius 2 is 1.73 bits per heavy atom. The second-order valence-electron chi connectivity index (χ2n) is 4.75. The number of amides is 1. The zero-order valence-corrected chi connectivity index (χ0v) is 14.7. The number of methoxy groups -OCH3 is 2. The van der Waals surface area contributed by atoms with Gasteiger partial charge in [-0.1, -0.05) is 12.1 Å². The molecule has 0 saturated heterocycles. The SMILES string of the molecule is COc1cc(CCC(=O)Nc2ccccc2I)cc(OC)c1. The number of para-hydroxylation sites is 1. The highest BCUT2D eigenvalue weighted by molar-refractivity contribution is 14.1. The fraction of sp³-hybridized carbons (Fsp3) is 0.235. The normalized spacial score (nSPS) is 10.1. The second-order valence-corrected chi connectivity index (χ2v) is 5.91. The number of hydrogen-bond acceptors (Lipinski definition) is 3. The molecule has 0 heterocycles. The van der Waals surface area contributed by atoms with Crippen LogP contribution in [-0.4, -0.2) is 20.1 Å². The molecule has 0 aliphatic rings. The largest absolute Gasteiger partial charge is 0.497 e. The minimum Gasteiger partial charge on any atom is -0.497 e. The number of nitrogens with one attached hydrogen (secondary N) is 1. The first kappa shape index (κ1) is 16.6. The zero-order valence-electron chi connectivity index (χ0n) is 12.6. The zero-order chi connectivity index (χ0) is 15.9. The topological polar surface area (TPSA) is 47.6 Å². The molecule has 0 radical (unpaired) electrons. The van der Waals surface area contributed by atoms with Crippen molar-refractivity contribution >= 4 is 34.2 Å². The van der Waals surface area contributed by atoms with E-state index >= 15 is 0 Å². The van der Waals surface area contributed by atoms with Crippen LogP contribution in [0.4, 0.5) is 5.69 Å². The first-order valence-electron chi connectivity index (χ1n) is 6.88. The third kappa shape index (κ3) is 4.62. The smallest absolute Gasteiger partial charge is 0.224 e. The summed E-state index contributed by atoms with van der Waals surface area (Å²) >= 11 is 2.20. The Bertz CT molecular complexity index is 636. The average Bonchev–Trinajstić information content (AvgIpc) is 2.54. The van der Waals surface area contributed by atoms with Crippen molar-refractivity contribution < 1.29 is 14.3 Å². The molecule has 0 unspecified atom stereocenters. The molecule has 0 aromatic heterocycles. The molecular formula is C17H18INO3. The number of anilines is 1. The first-order chi connectivity index (χ1) is 10.6. The van der Waals surface area contributed by atoms with Crippen LogP contribution in [0.3, 0.4) is 0 Å². The second kappa shape index (κ2) is 8.03. The number of ether oxygens (including phenoxy) is 2. The molecule has 0 spiro atoms. The van der Waals surface area contributed by atoms with Gasteiger partial charge in [0.05, 0.1) is 19.9 Å². The summed E-state index contributed by atoms with van der Waals surface area (Å²) < 4.78 is 11.5. The van der Waals surface area contributed by atoms with Gasteiger partial charge in [0.1, 0.15) is 11.5 Å². The van der Waals surface area contributed by atoms with Crippen molar-refractivity contribution in [1.29, 1.82) is 0 Å². The van der Waals surface area contributed by atoms with E-state index in [1.165, 1.54) is 0 Å². The van der Waals surface area contributed by atoms with Gasteiger partial charge < -0.3 is 14.8 Å². The highest BCUT2D eigenvalue weighted by Crippen LogP contribution is 2.23. The monoisotopic (exact) mass is 411 g/mol. The first-order valence-corrected chi connectivity index (χ1v) is 7.96. The molecule has 0 saturated carbocycles. The molecule has 0 fully saturated rings. The van der Waals surface area contributed by atoms with Crippen LogP contribution >= 0.6 is 22.6 Å². The fourth-order valence-corrected chi connectivity index (χ4v) is 2.57. The Morgan fingerprint density at radius 3 is 2.32 bits per heavy atom. The van der Waals surface area contributed by atoms with E-state index in [1.807, 2.05) is 42.5 Å². The van der Waals surface area contributed by atoms with E-state index < -0.39 is 0 Å². The number of rotatable bonds is 6. The Labute approximate surface area is 144 Å². The summed E-state index contributed by atoms with van der Waals surface area (Å²) in [5, 5.41) is 2.93. The lowest BCUT2D eigenvalue weighted by atomic mass is 10.1. The quantitative estimate of drug-likeness (QED) is 0.735. The minimum absolute atomic E-state index is 0.00842. The van der Waals surface area contributed by atoms with Gasteiger partial charge in [-0.25, -0.2) is 0 Å². The van der Waals surface area contributed by atoms with Crippen LogP contribution in [-0.2, 0) is 11.2 Å². The van der Waals surface area contributed by atoms with Crippen LogP contribution in [0.25, 0.3) is 0 Å². The molecule has 1 N–H and O–H groups in total. The summed E-state index contributed by atoms with van der Waals surface area (Å²) in [7, 11) is 3.23. The number of carbonyl (C=O) groups is 1. The van der Waals surface area contributed by atoms with Crippen molar-refractivity contribution in [2.45, 2.75) is 12.8 Å². The van der Waals surface area contributed by atoms with Crippen LogP contribution in [0, 0.1) is 3.57 Å². The minimum atomic E-state index is -0.00842. The summed E-state index contributed by atoms with van der Waals surface area (Å²) in [5.41, 5.74) is 1.85.